The van der Waals surface area contributed by atoms with Crippen LogP contribution >= 0.6 is 22.1 Å². The van der Waals surface area contributed by atoms with Gasteiger partial charge in [-0.15, -0.1) is 11.6 Å². The highest BCUT2D eigenvalue weighted by Gasteiger charge is 2.63. The first kappa shape index (κ1) is 40.8. The van der Waals surface area contributed by atoms with Crippen LogP contribution in [0.25, 0.3) is 11.1 Å². The number of hydrogen-bond acceptors (Lipinski definition) is 8. The number of hydrogen-bond donors (Lipinski definition) is 4. The summed E-state index contributed by atoms with van der Waals surface area (Å²) in [6.45, 7) is 0. The molecule has 4 rings (SSSR count). The van der Waals surface area contributed by atoms with Gasteiger partial charge in [-0.05, 0) is 64.6 Å². The van der Waals surface area contributed by atoms with Gasteiger partial charge in [-0.1, -0.05) is 24.3 Å². The van der Waals surface area contributed by atoms with Gasteiger partial charge in [-0.3, -0.25) is 13.7 Å². The maximum absolute atomic E-state index is 14.0. The van der Waals surface area contributed by atoms with Crippen molar-refractivity contribution in [1.82, 2.24) is 0 Å². The standard InChI is InChI=1S/C28H17F9O11P3S/c29-26(30,31)49(40,41)22-13-17(14-38)25(24(51(44,45)28(35,36)37)23(22)50(42,43)27(32,33)34)52(46,47)21-11-9-20(10-12-21)48-19-7-3-16(4-8-19)15-1-5-18(39)6-2-15/h1-13,39H,(H,40,41)(H,42,43)(H,44,45)/q-1. The molecule has 24 heteroatoms. The van der Waals surface area contributed by atoms with Gasteiger partial charge in [0.1, 0.15) is 17.2 Å². The van der Waals surface area contributed by atoms with E-state index in [2.05, 4.69) is 0 Å². The quantitative estimate of drug-likeness (QED) is 0.0831. The highest BCUT2D eigenvalue weighted by atomic mass is 32.2. The van der Waals surface area contributed by atoms with Crippen LogP contribution in [-0.2, 0) is 28.3 Å². The molecule has 0 aliphatic heterocycles. The summed E-state index contributed by atoms with van der Waals surface area (Å²) >= 11 is 0. The number of alkyl halides is 9. The number of halogens is 9. The first-order valence-corrected chi connectivity index (χ1v) is 19.8. The second-order valence-electron chi connectivity index (χ2n) is 10.4. The molecule has 52 heavy (non-hydrogen) atoms. The third-order valence-corrected chi connectivity index (χ3v) is 14.5. The topological polar surface area (TPSA) is 193 Å². The molecule has 3 atom stereocenters. The van der Waals surface area contributed by atoms with Gasteiger partial charge < -0.3 is 29.3 Å². The molecule has 0 amide bonds. The molecule has 4 aromatic rings. The van der Waals surface area contributed by atoms with Gasteiger partial charge in [0, 0.05) is 15.9 Å². The van der Waals surface area contributed by atoms with E-state index in [1.165, 1.54) is 24.3 Å². The summed E-state index contributed by atoms with van der Waals surface area (Å²) in [4.78, 5) is 37.7. The van der Waals surface area contributed by atoms with Crippen LogP contribution in [0.1, 0.15) is 5.56 Å². The normalized spacial score (nSPS) is 16.3. The van der Waals surface area contributed by atoms with E-state index in [-0.39, 0.29) is 17.2 Å². The molecule has 0 aromatic heterocycles. The lowest BCUT2D eigenvalue weighted by Gasteiger charge is -2.32. The van der Waals surface area contributed by atoms with Crippen LogP contribution < -0.4 is 20.7 Å². The Kier molecular flexibility index (Phi) is 10.6. The van der Waals surface area contributed by atoms with Gasteiger partial charge in [-0.2, -0.15) is 39.5 Å². The summed E-state index contributed by atoms with van der Waals surface area (Å²) < 4.78 is 195. The summed E-state index contributed by atoms with van der Waals surface area (Å²) in [5, 5.41) is -0.568. The molecular weight excluding hydrogens is 808 g/mol. The van der Waals surface area contributed by atoms with Gasteiger partial charge in [0.2, 0.25) is 0 Å². The molecule has 3 unspecified atom stereocenters. The van der Waals surface area contributed by atoms with Crippen LogP contribution in [-0.4, -0.2) is 52.2 Å². The maximum atomic E-state index is 14.0. The first-order valence-electron chi connectivity index (χ1n) is 13.3. The molecule has 4 aromatic carbocycles. The Hall–Kier alpha value is -3.96. The van der Waals surface area contributed by atoms with E-state index in [0.29, 0.717) is 29.5 Å². The van der Waals surface area contributed by atoms with Crippen LogP contribution in [0.5, 0.6) is 17.2 Å². The summed E-state index contributed by atoms with van der Waals surface area (Å²) in [5.74, 6) is -20.5. The van der Waals surface area contributed by atoms with E-state index in [1.807, 2.05) is 0 Å². The van der Waals surface area contributed by atoms with Gasteiger partial charge >= 0.3 is 39.9 Å². The summed E-state index contributed by atoms with van der Waals surface area (Å²) in [6, 6.07) is 13.6. The minimum absolute atomic E-state index is 0.00113. The largest absolute Gasteiger partial charge is 0.508 e. The Morgan fingerprint density at radius 1 is 0.596 bits per heavy atom. The fraction of sp³-hybridized carbons (Fsp3) is 0.107. The first-order chi connectivity index (χ1) is 23.6. The van der Waals surface area contributed by atoms with Crippen molar-refractivity contribution >= 4 is 54.1 Å². The van der Waals surface area contributed by atoms with Crippen molar-refractivity contribution in [2.45, 2.75) is 27.5 Å². The van der Waals surface area contributed by atoms with E-state index >= 15 is 0 Å². The van der Waals surface area contributed by atoms with Crippen LogP contribution in [0, 0.1) is 0 Å². The molecule has 0 saturated carbocycles. The van der Waals surface area contributed by atoms with Gasteiger partial charge in [-0.25, -0.2) is 8.42 Å². The molecule has 0 heterocycles. The van der Waals surface area contributed by atoms with Crippen LogP contribution in [0.15, 0.2) is 88.7 Å². The smallest absolute Gasteiger partial charge is 0.470 e. The van der Waals surface area contributed by atoms with Crippen molar-refractivity contribution in [1.29, 1.82) is 0 Å². The lowest BCUT2D eigenvalue weighted by Crippen LogP contribution is -2.47. The third-order valence-electron chi connectivity index (χ3n) is 6.97. The molecule has 280 valence electrons. The summed E-state index contributed by atoms with van der Waals surface area (Å²) in [6.07, 6.45) is 0.462. The molecular formula is C28H17F9O11P3S-. The Labute approximate surface area is 285 Å². The molecule has 0 fully saturated rings. The number of phenols is 1. The van der Waals surface area contributed by atoms with Crippen LogP contribution in [0.3, 0.4) is 0 Å². The van der Waals surface area contributed by atoms with Crippen LogP contribution in [0.2, 0.25) is 0 Å². The Bertz CT molecular complexity index is 2290. The molecule has 4 N–H and O–H groups in total. The summed E-state index contributed by atoms with van der Waals surface area (Å²) in [7, 11) is -29.8. The average Bonchev–Trinajstić information content (AvgIpc) is 3.03. The molecule has 0 saturated heterocycles. The highest BCUT2D eigenvalue weighted by molar-refractivity contribution is 7.92. The van der Waals surface area contributed by atoms with Gasteiger partial charge in [0.15, 0.2) is 9.84 Å². The van der Waals surface area contributed by atoms with Crippen molar-refractivity contribution < 1.29 is 90.9 Å². The molecule has 0 aliphatic rings. The zero-order valence-corrected chi connectivity index (χ0v) is 28.3. The monoisotopic (exact) mass is 825 g/mol. The minimum atomic E-state index is -8.02. The fourth-order valence-electron chi connectivity index (χ4n) is 4.49. The molecule has 0 aliphatic carbocycles. The average molecular weight is 825 g/mol. The SMILES string of the molecule is O=[C-]c1cc(P(=O)(O)C(F)(F)F)c(P(=O)(O)C(F)(F)F)c(P(=O)(O)C(F)(F)F)c1S(=O)(=O)c1ccc(Oc2ccc(-c3ccc(O)cc3)cc2)cc1. The minimum Gasteiger partial charge on any atom is -0.508 e. The molecule has 11 nitrogen and oxygen atoms in total. The van der Waals surface area contributed by atoms with E-state index in [4.69, 9.17) is 4.74 Å². The number of rotatable bonds is 9. The molecule has 0 spiro atoms. The van der Waals surface area contributed by atoms with Crippen LogP contribution in [0.4, 0.5) is 39.5 Å². The van der Waals surface area contributed by atoms with Crippen molar-refractivity contribution in [2.75, 3.05) is 0 Å². The number of carbonyl (C=O) groups excluding carboxylic acids is 1. The van der Waals surface area contributed by atoms with E-state index in [1.54, 1.807) is 24.3 Å². The Balaban J connectivity index is 1.97. The van der Waals surface area contributed by atoms with E-state index < -0.39 is 87.0 Å². The molecule has 0 bridgehead atoms. The van der Waals surface area contributed by atoms with Crippen molar-refractivity contribution in [3.8, 4) is 28.4 Å². The number of sulfone groups is 1. The predicted octanol–water partition coefficient (Wildman–Crippen LogP) is 6.39. The van der Waals surface area contributed by atoms with Crippen molar-refractivity contribution in [3.63, 3.8) is 0 Å². The maximum Gasteiger partial charge on any atom is 0.470 e. The van der Waals surface area contributed by atoms with Gasteiger partial charge in [0.25, 0.3) is 0 Å². The Morgan fingerprint density at radius 2 is 0.981 bits per heavy atom. The predicted molar refractivity (Wildman–Crippen MR) is 163 cm³/mol. The second-order valence-corrected chi connectivity index (χ2v) is 18.6. The zero-order chi connectivity index (χ0) is 39.5. The fourth-order valence-corrected chi connectivity index (χ4v) is 11.5. The number of aromatic hydroxyl groups is 1. The molecule has 0 radical (unpaired) electrons. The lowest BCUT2D eigenvalue weighted by atomic mass is 10.1. The number of ether oxygens (including phenoxy) is 1. The second kappa shape index (κ2) is 13.5. The van der Waals surface area contributed by atoms with Crippen molar-refractivity contribution in [3.05, 3.63) is 84.4 Å². The van der Waals surface area contributed by atoms with E-state index in [0.717, 1.165) is 12.1 Å². The number of benzene rings is 4. The lowest BCUT2D eigenvalue weighted by molar-refractivity contribution is -0.0547. The number of phenolic OH excluding ortho intramolecular Hbond substituents is 1. The summed E-state index contributed by atoms with van der Waals surface area (Å²) in [5.41, 5.74) is -0.891. The third kappa shape index (κ3) is 7.31. The Morgan fingerprint density at radius 3 is 1.38 bits per heavy atom. The highest BCUT2D eigenvalue weighted by Crippen LogP contribution is 2.65. The van der Waals surface area contributed by atoms with Crippen molar-refractivity contribution in [2.24, 2.45) is 0 Å². The van der Waals surface area contributed by atoms with E-state index in [9.17, 15) is 86.2 Å². The van der Waals surface area contributed by atoms with Gasteiger partial charge in [0.05, 0.1) is 11.2 Å². The zero-order valence-electron chi connectivity index (χ0n) is 24.8.